The summed E-state index contributed by atoms with van der Waals surface area (Å²) in [5.74, 6) is 1.29. The van der Waals surface area contributed by atoms with Crippen molar-refractivity contribution in [2.75, 3.05) is 0 Å². The molecule has 0 radical (unpaired) electrons. The largest absolute Gasteiger partial charge is 0.409 e. The van der Waals surface area contributed by atoms with Crippen LogP contribution in [0.15, 0.2) is 30.3 Å². The van der Waals surface area contributed by atoms with Crippen molar-refractivity contribution in [1.29, 1.82) is 0 Å². The maximum atomic E-state index is 7.08. The Kier molecular flexibility index (Phi) is 4.67. The predicted molar refractivity (Wildman–Crippen MR) is 98.6 cm³/mol. The molecule has 0 aliphatic carbocycles. The zero-order chi connectivity index (χ0) is 16.8. The highest BCUT2D eigenvalue weighted by Gasteiger charge is 2.62. The molecule has 124 valence electrons. The molecule has 2 rings (SSSR count). The van der Waals surface area contributed by atoms with Crippen LogP contribution in [-0.4, -0.2) is 8.32 Å². The van der Waals surface area contributed by atoms with Crippen LogP contribution in [0.2, 0.25) is 16.1 Å². The zero-order valence-corrected chi connectivity index (χ0v) is 16.7. The monoisotopic (exact) mass is 318 g/mol. The molecule has 0 unspecified atom stereocenters. The molecule has 0 spiro atoms. The molecule has 1 aliphatic rings. The molecule has 1 saturated heterocycles. The fraction of sp³-hybridized carbons (Fsp3) is 0.700. The third-order valence-corrected chi connectivity index (χ3v) is 12.2. The molecular formula is C20H34OSi. The van der Waals surface area contributed by atoms with Crippen molar-refractivity contribution in [1.82, 2.24) is 0 Å². The highest BCUT2D eigenvalue weighted by Crippen LogP contribution is 2.62. The molecule has 22 heavy (non-hydrogen) atoms. The van der Waals surface area contributed by atoms with Gasteiger partial charge in [0.15, 0.2) is 0 Å². The van der Waals surface area contributed by atoms with Gasteiger partial charge < -0.3 is 4.43 Å². The molecule has 0 N–H and O–H groups in total. The van der Waals surface area contributed by atoms with Crippen molar-refractivity contribution in [3.8, 4) is 0 Å². The minimum Gasteiger partial charge on any atom is -0.409 e. The molecule has 2 heteroatoms. The molecule has 2 atom stereocenters. The van der Waals surface area contributed by atoms with Gasteiger partial charge in [0.05, 0.1) is 6.10 Å². The number of hydrogen-bond donors (Lipinski definition) is 0. The van der Waals surface area contributed by atoms with Crippen molar-refractivity contribution in [3.63, 3.8) is 0 Å². The molecule has 1 aromatic rings. The van der Waals surface area contributed by atoms with Crippen LogP contribution in [-0.2, 0) is 4.43 Å². The van der Waals surface area contributed by atoms with Crippen LogP contribution in [0.4, 0.5) is 0 Å². The summed E-state index contributed by atoms with van der Waals surface area (Å²) in [7, 11) is -1.91. The van der Waals surface area contributed by atoms with Gasteiger partial charge in [0.25, 0.3) is 0 Å². The van der Waals surface area contributed by atoms with E-state index in [2.05, 4.69) is 85.7 Å². The fourth-order valence-corrected chi connectivity index (χ4v) is 10.8. The molecule has 0 aromatic heterocycles. The zero-order valence-electron chi connectivity index (χ0n) is 15.7. The van der Waals surface area contributed by atoms with Gasteiger partial charge in [-0.1, -0.05) is 85.7 Å². The fourth-order valence-electron chi connectivity index (χ4n) is 4.43. The molecule has 1 nitrogen and oxygen atoms in total. The Morgan fingerprint density at radius 3 is 1.86 bits per heavy atom. The van der Waals surface area contributed by atoms with E-state index in [0.717, 1.165) is 0 Å². The Morgan fingerprint density at radius 1 is 0.955 bits per heavy atom. The van der Waals surface area contributed by atoms with Gasteiger partial charge in [-0.2, -0.15) is 0 Å². The van der Waals surface area contributed by atoms with Crippen LogP contribution in [0.3, 0.4) is 0 Å². The van der Waals surface area contributed by atoms with Crippen molar-refractivity contribution in [3.05, 3.63) is 35.9 Å². The second-order valence-electron chi connectivity index (χ2n) is 9.39. The lowest BCUT2D eigenvalue weighted by Crippen LogP contribution is -2.51. The quantitative estimate of drug-likeness (QED) is 0.560. The summed E-state index contributed by atoms with van der Waals surface area (Å²) in [6.07, 6.45) is 0.270. The van der Waals surface area contributed by atoms with E-state index < -0.39 is 8.32 Å². The number of rotatable bonds is 2. The Hall–Kier alpha value is -0.603. The Balaban J connectivity index is 2.50. The summed E-state index contributed by atoms with van der Waals surface area (Å²) in [5, 5.41) is 0.504. The normalized spacial score (nSPS) is 25.7. The molecule has 1 heterocycles. The first-order chi connectivity index (χ1) is 9.99. The van der Waals surface area contributed by atoms with Crippen LogP contribution in [0, 0.1) is 11.8 Å². The Labute approximate surface area is 138 Å². The summed E-state index contributed by atoms with van der Waals surface area (Å²) in [6.45, 7) is 19.1. The molecule has 1 aromatic carbocycles. The number of benzene rings is 1. The number of hydrogen-bond acceptors (Lipinski definition) is 1. The van der Waals surface area contributed by atoms with Gasteiger partial charge >= 0.3 is 0 Å². The van der Waals surface area contributed by atoms with Gasteiger partial charge in [-0.3, -0.25) is 0 Å². The van der Waals surface area contributed by atoms with E-state index in [-0.39, 0.29) is 16.2 Å². The van der Waals surface area contributed by atoms with Crippen molar-refractivity contribution < 1.29 is 4.43 Å². The lowest BCUT2D eigenvalue weighted by Gasteiger charge is -2.48. The van der Waals surface area contributed by atoms with Gasteiger partial charge in [0, 0.05) is 0 Å². The predicted octanol–water partition coefficient (Wildman–Crippen LogP) is 6.58. The maximum Gasteiger partial charge on any atom is 0.204 e. The third kappa shape index (κ3) is 2.92. The smallest absolute Gasteiger partial charge is 0.204 e. The maximum absolute atomic E-state index is 7.08. The Morgan fingerprint density at radius 2 is 1.45 bits per heavy atom. The van der Waals surface area contributed by atoms with E-state index in [4.69, 9.17) is 4.43 Å². The van der Waals surface area contributed by atoms with E-state index in [1.54, 1.807) is 0 Å². The molecule has 0 bridgehead atoms. The van der Waals surface area contributed by atoms with E-state index >= 15 is 0 Å². The Bertz CT molecular complexity index is 479. The van der Waals surface area contributed by atoms with Crippen molar-refractivity contribution >= 4 is 8.32 Å². The van der Waals surface area contributed by atoms with Gasteiger partial charge in [-0.25, -0.2) is 0 Å². The summed E-state index contributed by atoms with van der Waals surface area (Å²) >= 11 is 0. The topological polar surface area (TPSA) is 9.23 Å². The van der Waals surface area contributed by atoms with Gasteiger partial charge in [0.1, 0.15) is 0 Å². The standard InChI is InChI=1S/C20H34OSi/c1-15(2)17-14-22(19(3,4)5,20(6,7)8)21-18(17)16-12-10-9-11-13-16/h9-13,15,17-18H,14H2,1-8H3/t17-,18-/m1/s1. The van der Waals surface area contributed by atoms with Gasteiger partial charge in [-0.05, 0) is 33.5 Å². The SMILES string of the molecule is CC(C)[C@H]1C[Si](C(C)(C)C)(C(C)(C)C)O[C@@H]1c1ccccc1. The summed E-state index contributed by atoms with van der Waals surface area (Å²) in [4.78, 5) is 0. The van der Waals surface area contributed by atoms with Gasteiger partial charge in [-0.15, -0.1) is 0 Å². The molecule has 1 fully saturated rings. The van der Waals surface area contributed by atoms with Crippen LogP contribution in [0.5, 0.6) is 0 Å². The lowest BCUT2D eigenvalue weighted by molar-refractivity contribution is 0.140. The van der Waals surface area contributed by atoms with Crippen LogP contribution in [0.25, 0.3) is 0 Å². The molecular weight excluding hydrogens is 284 g/mol. The first-order valence-electron chi connectivity index (χ1n) is 8.72. The van der Waals surface area contributed by atoms with E-state index in [1.165, 1.54) is 11.6 Å². The second kappa shape index (κ2) is 5.79. The molecule has 1 aliphatic heterocycles. The van der Waals surface area contributed by atoms with Crippen LogP contribution < -0.4 is 0 Å². The minimum absolute atomic E-state index is 0.252. The van der Waals surface area contributed by atoms with Gasteiger partial charge in [0.2, 0.25) is 8.32 Å². The second-order valence-corrected chi connectivity index (χ2v) is 14.7. The molecule has 0 amide bonds. The highest BCUT2D eigenvalue weighted by atomic mass is 28.4. The first kappa shape index (κ1) is 17.7. The first-order valence-corrected chi connectivity index (χ1v) is 10.8. The van der Waals surface area contributed by atoms with Crippen LogP contribution >= 0.6 is 0 Å². The van der Waals surface area contributed by atoms with Crippen molar-refractivity contribution in [2.24, 2.45) is 11.8 Å². The summed E-state index contributed by atoms with van der Waals surface area (Å²) in [6, 6.07) is 12.2. The van der Waals surface area contributed by atoms with E-state index in [9.17, 15) is 0 Å². The van der Waals surface area contributed by atoms with Crippen molar-refractivity contribution in [2.45, 2.75) is 77.6 Å². The van der Waals surface area contributed by atoms with E-state index in [1.807, 2.05) is 0 Å². The molecule has 0 saturated carbocycles. The minimum atomic E-state index is -1.91. The third-order valence-electron chi connectivity index (χ3n) is 5.65. The van der Waals surface area contributed by atoms with Crippen LogP contribution in [0.1, 0.15) is 67.1 Å². The average molecular weight is 319 g/mol. The highest BCUT2D eigenvalue weighted by molar-refractivity contribution is 6.80. The summed E-state index contributed by atoms with van der Waals surface area (Å²) in [5.41, 5.74) is 1.36. The summed E-state index contributed by atoms with van der Waals surface area (Å²) < 4.78 is 7.08. The van der Waals surface area contributed by atoms with E-state index in [0.29, 0.717) is 11.8 Å². The average Bonchev–Trinajstić information content (AvgIpc) is 2.81. The lowest BCUT2D eigenvalue weighted by atomic mass is 9.88.